The van der Waals surface area contributed by atoms with Gasteiger partial charge in [-0.05, 0) is 51.3 Å². The van der Waals surface area contributed by atoms with Gasteiger partial charge in [0.15, 0.2) is 0 Å². The number of pyridine rings is 1. The van der Waals surface area contributed by atoms with Gasteiger partial charge in [0.25, 0.3) is 0 Å². The molecule has 0 saturated heterocycles. The van der Waals surface area contributed by atoms with Crippen molar-refractivity contribution in [2.45, 2.75) is 45.4 Å². The van der Waals surface area contributed by atoms with Crippen molar-refractivity contribution in [3.8, 4) is 10.7 Å². The van der Waals surface area contributed by atoms with Crippen molar-refractivity contribution in [1.29, 1.82) is 0 Å². The molecule has 1 atom stereocenters. The van der Waals surface area contributed by atoms with Crippen LogP contribution >= 0.6 is 11.3 Å². The quantitative estimate of drug-likeness (QED) is 0.850. The Hall–Kier alpha value is -1.26. The van der Waals surface area contributed by atoms with E-state index in [1.54, 1.807) is 0 Å². The molecule has 2 heterocycles. The Bertz CT molecular complexity index is 606. The second-order valence-electron chi connectivity index (χ2n) is 5.78. The Morgan fingerprint density at radius 1 is 1.33 bits per heavy atom. The van der Waals surface area contributed by atoms with Gasteiger partial charge < -0.3 is 5.32 Å². The third-order valence-electron chi connectivity index (χ3n) is 4.00. The zero-order valence-corrected chi connectivity index (χ0v) is 13.7. The van der Waals surface area contributed by atoms with E-state index in [0.29, 0.717) is 5.92 Å². The van der Waals surface area contributed by atoms with Crippen LogP contribution in [0.2, 0.25) is 0 Å². The van der Waals surface area contributed by atoms with E-state index < -0.39 is 0 Å². The number of rotatable bonds is 5. The van der Waals surface area contributed by atoms with Gasteiger partial charge in [-0.1, -0.05) is 13.0 Å². The summed E-state index contributed by atoms with van der Waals surface area (Å²) in [5.41, 5.74) is 3.41. The second-order valence-corrected chi connectivity index (χ2v) is 6.87. The van der Waals surface area contributed by atoms with Crippen LogP contribution in [0, 0.1) is 6.92 Å². The average molecular weight is 301 g/mol. The number of hydrogen-bond donors (Lipinski definition) is 1. The number of aryl methyl sites for hydroxylation is 2. The number of thiazole rings is 1. The highest BCUT2D eigenvalue weighted by Gasteiger charge is 2.25. The molecule has 1 aliphatic carbocycles. The van der Waals surface area contributed by atoms with E-state index in [1.165, 1.54) is 36.3 Å². The first kappa shape index (κ1) is 14.7. The molecule has 0 radical (unpaired) electrons. The smallest absolute Gasteiger partial charge is 0.142 e. The zero-order valence-electron chi connectivity index (χ0n) is 12.9. The first-order valence-electron chi connectivity index (χ1n) is 7.92. The Kier molecular flexibility index (Phi) is 4.66. The summed E-state index contributed by atoms with van der Waals surface area (Å²) in [6, 6.07) is 6.18. The van der Waals surface area contributed by atoms with Crippen LogP contribution in [0.5, 0.6) is 0 Å². The lowest BCUT2D eigenvalue weighted by Crippen LogP contribution is -2.24. The largest absolute Gasteiger partial charge is 0.316 e. The van der Waals surface area contributed by atoms with Crippen molar-refractivity contribution in [1.82, 2.24) is 15.3 Å². The molecule has 0 aliphatic heterocycles. The van der Waals surface area contributed by atoms with E-state index in [1.807, 2.05) is 24.3 Å². The first-order valence-corrected chi connectivity index (χ1v) is 8.74. The summed E-state index contributed by atoms with van der Waals surface area (Å²) < 4.78 is 0. The molecule has 0 aromatic carbocycles. The molecular formula is C17H23N3S. The summed E-state index contributed by atoms with van der Waals surface area (Å²) in [5.74, 6) is 0.579. The minimum absolute atomic E-state index is 0.579. The number of nitrogens with zero attached hydrogens (tertiary/aromatic N) is 2. The van der Waals surface area contributed by atoms with Gasteiger partial charge in [0, 0.05) is 23.0 Å². The average Bonchev–Trinajstić information content (AvgIpc) is 2.92. The number of aromatic nitrogens is 2. The van der Waals surface area contributed by atoms with Crippen LogP contribution in [0.1, 0.15) is 48.4 Å². The molecule has 0 fully saturated rings. The molecule has 21 heavy (non-hydrogen) atoms. The van der Waals surface area contributed by atoms with Crippen LogP contribution in [-0.2, 0) is 6.42 Å². The molecule has 3 nitrogen and oxygen atoms in total. The van der Waals surface area contributed by atoms with Gasteiger partial charge in [-0.25, -0.2) is 4.98 Å². The second kappa shape index (κ2) is 6.67. The first-order chi connectivity index (χ1) is 10.3. The molecular weight excluding hydrogens is 278 g/mol. The predicted molar refractivity (Wildman–Crippen MR) is 88.9 cm³/mol. The van der Waals surface area contributed by atoms with Crippen LogP contribution in [-0.4, -0.2) is 23.1 Å². The maximum Gasteiger partial charge on any atom is 0.142 e. The van der Waals surface area contributed by atoms with Crippen LogP contribution in [0.25, 0.3) is 10.7 Å². The summed E-state index contributed by atoms with van der Waals surface area (Å²) in [7, 11) is 0. The Labute approximate surface area is 130 Å². The normalized spacial score (nSPS) is 17.7. The molecule has 0 saturated carbocycles. The fraction of sp³-hybridized carbons (Fsp3) is 0.529. The van der Waals surface area contributed by atoms with Crippen LogP contribution < -0.4 is 5.32 Å². The standard InChI is InChI=1S/C17H23N3S/c1-3-10-18-11-13-7-5-9-15-16(13)20-17(21-15)14-8-4-6-12(2)19-14/h4,6,8,13,18H,3,5,7,9-11H2,1-2H3. The lowest BCUT2D eigenvalue weighted by molar-refractivity contribution is 0.502. The molecule has 2 aromatic rings. The summed E-state index contributed by atoms with van der Waals surface area (Å²) in [6.45, 7) is 6.41. The fourth-order valence-corrected chi connectivity index (χ4v) is 4.09. The Morgan fingerprint density at radius 3 is 3.05 bits per heavy atom. The van der Waals surface area contributed by atoms with E-state index in [0.717, 1.165) is 29.5 Å². The summed E-state index contributed by atoms with van der Waals surface area (Å²) in [4.78, 5) is 11.0. The van der Waals surface area contributed by atoms with Crippen molar-refractivity contribution >= 4 is 11.3 Å². The van der Waals surface area contributed by atoms with Crippen LogP contribution in [0.15, 0.2) is 18.2 Å². The van der Waals surface area contributed by atoms with Crippen molar-refractivity contribution in [3.63, 3.8) is 0 Å². The van der Waals surface area contributed by atoms with Crippen LogP contribution in [0.3, 0.4) is 0 Å². The maximum atomic E-state index is 4.94. The lowest BCUT2D eigenvalue weighted by Gasteiger charge is -2.21. The number of nitrogens with one attached hydrogen (secondary N) is 1. The van der Waals surface area contributed by atoms with Gasteiger partial charge in [-0.15, -0.1) is 11.3 Å². The number of fused-ring (bicyclic) bond motifs is 1. The zero-order chi connectivity index (χ0) is 14.7. The fourth-order valence-electron chi connectivity index (χ4n) is 2.93. The topological polar surface area (TPSA) is 37.8 Å². The van der Waals surface area contributed by atoms with E-state index in [9.17, 15) is 0 Å². The summed E-state index contributed by atoms with van der Waals surface area (Å²) in [5, 5.41) is 4.64. The molecule has 0 bridgehead atoms. The van der Waals surface area contributed by atoms with Crippen LogP contribution in [0.4, 0.5) is 0 Å². The Balaban J connectivity index is 1.83. The number of hydrogen-bond acceptors (Lipinski definition) is 4. The minimum Gasteiger partial charge on any atom is -0.316 e. The third-order valence-corrected chi connectivity index (χ3v) is 5.15. The molecule has 2 aromatic heterocycles. The van der Waals surface area contributed by atoms with Crippen molar-refractivity contribution in [3.05, 3.63) is 34.5 Å². The van der Waals surface area contributed by atoms with Gasteiger partial charge in [-0.2, -0.15) is 0 Å². The van der Waals surface area contributed by atoms with Gasteiger partial charge in [0.05, 0.1) is 11.4 Å². The van der Waals surface area contributed by atoms with E-state index in [2.05, 4.69) is 29.4 Å². The SMILES string of the molecule is CCCNCC1CCCc2sc(-c3cccc(C)n3)nc21. The minimum atomic E-state index is 0.579. The predicted octanol–water partition coefficient (Wildman–Crippen LogP) is 3.93. The van der Waals surface area contributed by atoms with Gasteiger partial charge in [0.2, 0.25) is 0 Å². The summed E-state index contributed by atoms with van der Waals surface area (Å²) in [6.07, 6.45) is 4.92. The van der Waals surface area contributed by atoms with E-state index >= 15 is 0 Å². The lowest BCUT2D eigenvalue weighted by atomic mass is 9.91. The van der Waals surface area contributed by atoms with Crippen molar-refractivity contribution in [2.24, 2.45) is 0 Å². The van der Waals surface area contributed by atoms with Crippen molar-refractivity contribution < 1.29 is 0 Å². The van der Waals surface area contributed by atoms with Gasteiger partial charge in [-0.3, -0.25) is 4.98 Å². The molecule has 1 unspecified atom stereocenters. The highest BCUT2D eigenvalue weighted by Crippen LogP contribution is 2.37. The molecule has 1 N–H and O–H groups in total. The highest BCUT2D eigenvalue weighted by atomic mass is 32.1. The highest BCUT2D eigenvalue weighted by molar-refractivity contribution is 7.15. The monoisotopic (exact) mass is 301 g/mol. The molecule has 0 amide bonds. The van der Waals surface area contributed by atoms with Crippen molar-refractivity contribution in [2.75, 3.05) is 13.1 Å². The van der Waals surface area contributed by atoms with E-state index in [4.69, 9.17) is 4.98 Å². The van der Waals surface area contributed by atoms with E-state index in [-0.39, 0.29) is 0 Å². The maximum absolute atomic E-state index is 4.94. The molecule has 3 rings (SSSR count). The molecule has 112 valence electrons. The third kappa shape index (κ3) is 3.33. The molecule has 0 spiro atoms. The van der Waals surface area contributed by atoms with Gasteiger partial charge >= 0.3 is 0 Å². The summed E-state index contributed by atoms with van der Waals surface area (Å²) >= 11 is 1.84. The van der Waals surface area contributed by atoms with Gasteiger partial charge in [0.1, 0.15) is 5.01 Å². The molecule has 4 heteroatoms. The Morgan fingerprint density at radius 2 is 2.24 bits per heavy atom. The molecule has 1 aliphatic rings.